The Labute approximate surface area is 116 Å². The van der Waals surface area contributed by atoms with Crippen molar-refractivity contribution in [3.63, 3.8) is 0 Å². The molecule has 0 bridgehead atoms. The van der Waals surface area contributed by atoms with Crippen LogP contribution in [-0.4, -0.2) is 34.6 Å². The van der Waals surface area contributed by atoms with Gasteiger partial charge in [0.2, 0.25) is 0 Å². The van der Waals surface area contributed by atoms with Crippen molar-refractivity contribution < 1.29 is 0 Å². The molecule has 1 fully saturated rings. The minimum atomic E-state index is 0.609. The number of hydrogen-bond acceptors (Lipinski definition) is 2. The van der Waals surface area contributed by atoms with E-state index in [4.69, 9.17) is 4.98 Å². The second-order valence-corrected chi connectivity index (χ2v) is 6.16. The average molecular weight is 308 g/mol. The number of nitrogens with zero attached hydrogens (tertiary/aromatic N) is 3. The van der Waals surface area contributed by atoms with Crippen LogP contribution in [0.5, 0.6) is 0 Å². The lowest BCUT2D eigenvalue weighted by molar-refractivity contribution is 0.250. The lowest BCUT2D eigenvalue weighted by Gasteiger charge is -2.28. The van der Waals surface area contributed by atoms with Crippen LogP contribution in [0.15, 0.2) is 22.7 Å². The number of fused-ring (bicyclic) bond motifs is 1. The molecule has 0 aliphatic carbocycles. The summed E-state index contributed by atoms with van der Waals surface area (Å²) in [5.41, 5.74) is 2.33. The molecule has 2 heterocycles. The fraction of sp³-hybridized carbons (Fsp3) is 0.500. The summed E-state index contributed by atoms with van der Waals surface area (Å²) in [7, 11) is 4.33. The lowest BCUT2D eigenvalue weighted by atomic mass is 9.96. The van der Waals surface area contributed by atoms with E-state index in [-0.39, 0.29) is 0 Å². The van der Waals surface area contributed by atoms with Gasteiger partial charge in [-0.05, 0) is 51.2 Å². The zero-order chi connectivity index (χ0) is 12.7. The lowest BCUT2D eigenvalue weighted by Crippen LogP contribution is -2.30. The molecule has 1 aliphatic rings. The third-order valence-electron chi connectivity index (χ3n) is 3.96. The summed E-state index contributed by atoms with van der Waals surface area (Å²) in [6.07, 6.45) is 2.43. The number of rotatable bonds is 1. The van der Waals surface area contributed by atoms with E-state index in [0.717, 1.165) is 9.99 Å². The van der Waals surface area contributed by atoms with Gasteiger partial charge in [0.05, 0.1) is 11.0 Å². The quantitative estimate of drug-likeness (QED) is 0.807. The third kappa shape index (κ3) is 2.08. The van der Waals surface area contributed by atoms with Crippen molar-refractivity contribution in [2.45, 2.75) is 18.8 Å². The van der Waals surface area contributed by atoms with Crippen molar-refractivity contribution in [1.29, 1.82) is 0 Å². The second kappa shape index (κ2) is 4.67. The normalized spacial score (nSPS) is 18.6. The smallest absolute Gasteiger partial charge is 0.112 e. The number of aryl methyl sites for hydroxylation is 1. The maximum atomic E-state index is 4.83. The van der Waals surface area contributed by atoms with Gasteiger partial charge in [-0.25, -0.2) is 4.98 Å². The molecule has 1 aromatic heterocycles. The monoisotopic (exact) mass is 307 g/mol. The Hall–Kier alpha value is -0.870. The third-order valence-corrected chi connectivity index (χ3v) is 4.45. The molecule has 0 spiro atoms. The van der Waals surface area contributed by atoms with Crippen LogP contribution in [0.3, 0.4) is 0 Å². The summed E-state index contributed by atoms with van der Waals surface area (Å²) in [6, 6.07) is 6.31. The highest BCUT2D eigenvalue weighted by Gasteiger charge is 2.22. The first-order chi connectivity index (χ1) is 8.65. The molecule has 0 N–H and O–H groups in total. The Morgan fingerprint density at radius 1 is 1.22 bits per heavy atom. The molecule has 96 valence electrons. The van der Waals surface area contributed by atoms with E-state index in [9.17, 15) is 0 Å². The number of hydrogen-bond donors (Lipinski definition) is 0. The SMILES string of the molecule is CN1CCC(c2nc3ccc(Br)cc3n2C)CC1. The largest absolute Gasteiger partial charge is 0.331 e. The molecule has 0 atom stereocenters. The van der Waals surface area contributed by atoms with E-state index in [0.29, 0.717) is 5.92 Å². The number of halogens is 1. The van der Waals surface area contributed by atoms with E-state index in [2.05, 4.69) is 57.7 Å². The van der Waals surface area contributed by atoms with Crippen LogP contribution in [0, 0.1) is 0 Å². The van der Waals surface area contributed by atoms with Crippen molar-refractivity contribution in [2.24, 2.45) is 7.05 Å². The predicted molar refractivity (Wildman–Crippen MR) is 77.9 cm³/mol. The van der Waals surface area contributed by atoms with Crippen molar-refractivity contribution in [2.75, 3.05) is 20.1 Å². The first-order valence-electron chi connectivity index (χ1n) is 6.45. The Morgan fingerprint density at radius 3 is 2.67 bits per heavy atom. The molecule has 1 aromatic carbocycles. The van der Waals surface area contributed by atoms with Crippen LogP contribution in [0.2, 0.25) is 0 Å². The Bertz CT molecular complexity index is 568. The zero-order valence-corrected chi connectivity index (χ0v) is 12.4. The summed E-state index contributed by atoms with van der Waals surface area (Å²) in [4.78, 5) is 7.22. The molecule has 0 saturated carbocycles. The summed E-state index contributed by atoms with van der Waals surface area (Å²) >= 11 is 3.53. The molecule has 18 heavy (non-hydrogen) atoms. The van der Waals surface area contributed by atoms with E-state index in [1.165, 1.54) is 37.3 Å². The van der Waals surface area contributed by atoms with Gasteiger partial charge in [-0.2, -0.15) is 0 Å². The molecule has 0 amide bonds. The number of aromatic nitrogens is 2. The van der Waals surface area contributed by atoms with Crippen molar-refractivity contribution in [3.8, 4) is 0 Å². The van der Waals surface area contributed by atoms with Gasteiger partial charge in [0.1, 0.15) is 5.82 Å². The second-order valence-electron chi connectivity index (χ2n) is 5.24. The van der Waals surface area contributed by atoms with Gasteiger partial charge < -0.3 is 9.47 Å². The molecular formula is C14H18BrN3. The van der Waals surface area contributed by atoms with Crippen LogP contribution in [0.1, 0.15) is 24.6 Å². The molecule has 0 unspecified atom stereocenters. The highest BCUT2D eigenvalue weighted by molar-refractivity contribution is 9.10. The van der Waals surface area contributed by atoms with Crippen LogP contribution >= 0.6 is 15.9 Å². The van der Waals surface area contributed by atoms with Crippen molar-refractivity contribution in [3.05, 3.63) is 28.5 Å². The van der Waals surface area contributed by atoms with E-state index >= 15 is 0 Å². The average Bonchev–Trinajstić information content (AvgIpc) is 2.68. The molecule has 3 nitrogen and oxygen atoms in total. The first kappa shape index (κ1) is 12.2. The minimum Gasteiger partial charge on any atom is -0.331 e. The highest BCUT2D eigenvalue weighted by atomic mass is 79.9. The topological polar surface area (TPSA) is 21.1 Å². The number of piperidine rings is 1. The maximum Gasteiger partial charge on any atom is 0.112 e. The maximum absolute atomic E-state index is 4.83. The summed E-state index contributed by atoms with van der Waals surface area (Å²) < 4.78 is 3.38. The van der Waals surface area contributed by atoms with Crippen LogP contribution in [-0.2, 0) is 7.05 Å². The standard InChI is InChI=1S/C14H18BrN3/c1-17-7-5-10(6-8-17)14-16-12-4-3-11(15)9-13(12)18(14)2/h3-4,9-10H,5-8H2,1-2H3. The summed E-state index contributed by atoms with van der Waals surface area (Å²) in [6.45, 7) is 2.36. The van der Waals surface area contributed by atoms with Gasteiger partial charge in [0, 0.05) is 17.4 Å². The number of likely N-dealkylation sites (tertiary alicyclic amines) is 1. The van der Waals surface area contributed by atoms with Gasteiger partial charge in [-0.15, -0.1) is 0 Å². The fourth-order valence-electron chi connectivity index (χ4n) is 2.81. The van der Waals surface area contributed by atoms with Crippen LogP contribution in [0.4, 0.5) is 0 Å². The van der Waals surface area contributed by atoms with Gasteiger partial charge >= 0.3 is 0 Å². The van der Waals surface area contributed by atoms with Crippen LogP contribution in [0.25, 0.3) is 11.0 Å². The minimum absolute atomic E-state index is 0.609. The molecule has 1 aliphatic heterocycles. The van der Waals surface area contributed by atoms with Crippen LogP contribution < -0.4 is 0 Å². The highest BCUT2D eigenvalue weighted by Crippen LogP contribution is 2.29. The van der Waals surface area contributed by atoms with E-state index in [1.807, 2.05) is 0 Å². The van der Waals surface area contributed by atoms with Crippen molar-refractivity contribution in [1.82, 2.24) is 14.5 Å². The molecular weight excluding hydrogens is 290 g/mol. The molecule has 0 radical (unpaired) electrons. The Morgan fingerprint density at radius 2 is 1.94 bits per heavy atom. The van der Waals surface area contributed by atoms with Gasteiger partial charge in [-0.1, -0.05) is 15.9 Å². The Balaban J connectivity index is 1.99. The predicted octanol–water partition coefficient (Wildman–Crippen LogP) is 3.15. The van der Waals surface area contributed by atoms with E-state index < -0.39 is 0 Å². The zero-order valence-electron chi connectivity index (χ0n) is 10.9. The summed E-state index contributed by atoms with van der Waals surface area (Å²) in [5, 5.41) is 0. The number of benzene rings is 1. The van der Waals surface area contributed by atoms with Gasteiger partial charge in [0.15, 0.2) is 0 Å². The van der Waals surface area contributed by atoms with Gasteiger partial charge in [-0.3, -0.25) is 0 Å². The molecule has 4 heteroatoms. The molecule has 3 rings (SSSR count). The first-order valence-corrected chi connectivity index (χ1v) is 7.25. The fourth-order valence-corrected chi connectivity index (χ4v) is 3.16. The Kier molecular flexibility index (Phi) is 3.16. The molecule has 1 saturated heterocycles. The molecule has 2 aromatic rings. The van der Waals surface area contributed by atoms with E-state index in [1.54, 1.807) is 0 Å². The van der Waals surface area contributed by atoms with Gasteiger partial charge in [0.25, 0.3) is 0 Å². The van der Waals surface area contributed by atoms with Crippen molar-refractivity contribution >= 4 is 27.0 Å². The number of imidazole rings is 1. The summed E-state index contributed by atoms with van der Waals surface area (Å²) in [5.74, 6) is 1.86.